The molecule has 2 fully saturated rings. The number of rotatable bonds is 0. The second kappa shape index (κ2) is 3.82. The van der Waals surface area contributed by atoms with E-state index in [9.17, 15) is 0 Å². The summed E-state index contributed by atoms with van der Waals surface area (Å²) in [5.74, 6) is 3.21. The first-order valence-electron chi connectivity index (χ1n) is 9.23. The van der Waals surface area contributed by atoms with E-state index in [2.05, 4.69) is 62.2 Å². The molecule has 0 bridgehead atoms. The van der Waals surface area contributed by atoms with Gasteiger partial charge in [0.1, 0.15) is 11.4 Å². The topological polar surface area (TPSA) is 25.0 Å². The fourth-order valence-corrected chi connectivity index (χ4v) is 6.45. The average Bonchev–Trinajstić information content (AvgIpc) is 3.09. The Hall–Kier alpha value is -1.96. The highest BCUT2D eigenvalue weighted by molar-refractivity contribution is 6.09. The molecule has 3 aliphatic rings. The molecule has 1 N–H and O–H groups in total. The van der Waals surface area contributed by atoms with Crippen LogP contribution in [-0.2, 0) is 0 Å². The number of para-hydroxylation sites is 1. The van der Waals surface area contributed by atoms with Crippen LogP contribution in [0.2, 0.25) is 0 Å². The lowest BCUT2D eigenvalue weighted by Crippen LogP contribution is -2.59. The van der Waals surface area contributed by atoms with E-state index in [1.807, 2.05) is 0 Å². The monoisotopic (exact) mass is 317 g/mol. The molecule has 2 aromatic carbocycles. The summed E-state index contributed by atoms with van der Waals surface area (Å²) in [7, 11) is 0. The van der Waals surface area contributed by atoms with E-state index in [-0.39, 0.29) is 5.60 Å². The Labute approximate surface area is 142 Å². The van der Waals surface area contributed by atoms with Crippen molar-refractivity contribution in [3.05, 3.63) is 42.0 Å². The van der Waals surface area contributed by atoms with Crippen molar-refractivity contribution in [1.82, 2.24) is 4.98 Å². The molecule has 24 heavy (non-hydrogen) atoms. The van der Waals surface area contributed by atoms with Crippen LogP contribution in [0.1, 0.15) is 45.1 Å². The van der Waals surface area contributed by atoms with Gasteiger partial charge in [-0.15, -0.1) is 0 Å². The molecular weight excluding hydrogens is 294 g/mol. The van der Waals surface area contributed by atoms with Gasteiger partial charge >= 0.3 is 0 Å². The van der Waals surface area contributed by atoms with Gasteiger partial charge in [-0.05, 0) is 49.3 Å². The van der Waals surface area contributed by atoms with Crippen molar-refractivity contribution in [3.8, 4) is 5.75 Å². The third kappa shape index (κ3) is 1.29. The highest BCUT2D eigenvalue weighted by atomic mass is 16.5. The second-order valence-electron chi connectivity index (χ2n) is 8.96. The van der Waals surface area contributed by atoms with Crippen molar-refractivity contribution in [2.24, 2.45) is 17.3 Å². The summed E-state index contributed by atoms with van der Waals surface area (Å²) in [4.78, 5) is 3.71. The van der Waals surface area contributed by atoms with Crippen molar-refractivity contribution in [2.75, 3.05) is 0 Å². The molecule has 122 valence electrons. The van der Waals surface area contributed by atoms with E-state index < -0.39 is 0 Å². The molecule has 0 radical (unpaired) electrons. The summed E-state index contributed by atoms with van der Waals surface area (Å²) >= 11 is 0. The van der Waals surface area contributed by atoms with Crippen LogP contribution in [0, 0.1) is 17.3 Å². The molecule has 1 aliphatic heterocycles. The van der Waals surface area contributed by atoms with Gasteiger partial charge in [0.15, 0.2) is 0 Å². The Morgan fingerprint density at radius 2 is 1.88 bits per heavy atom. The maximum absolute atomic E-state index is 6.62. The number of aromatic nitrogens is 1. The smallest absolute Gasteiger partial charge is 0.125 e. The quantitative estimate of drug-likeness (QED) is 0.572. The molecule has 1 aromatic heterocycles. The summed E-state index contributed by atoms with van der Waals surface area (Å²) in [6.45, 7) is 7.29. The first kappa shape index (κ1) is 13.3. The third-order valence-electron chi connectivity index (χ3n) is 7.54. The molecule has 2 nitrogen and oxygen atoms in total. The van der Waals surface area contributed by atoms with Gasteiger partial charge in [0.2, 0.25) is 0 Å². The van der Waals surface area contributed by atoms with Crippen molar-refractivity contribution in [3.63, 3.8) is 0 Å². The molecular formula is C22H23NO. The number of benzene rings is 2. The van der Waals surface area contributed by atoms with Gasteiger partial charge in [0.05, 0.1) is 5.52 Å². The van der Waals surface area contributed by atoms with Crippen molar-refractivity contribution < 1.29 is 4.74 Å². The van der Waals surface area contributed by atoms with Gasteiger partial charge in [-0.1, -0.05) is 32.0 Å². The molecule has 0 spiro atoms. The fourth-order valence-electron chi connectivity index (χ4n) is 6.45. The molecule has 0 amide bonds. The van der Waals surface area contributed by atoms with Crippen molar-refractivity contribution in [1.29, 1.82) is 0 Å². The predicted octanol–water partition coefficient (Wildman–Crippen LogP) is 5.62. The van der Waals surface area contributed by atoms with E-state index in [0.29, 0.717) is 17.3 Å². The lowest BCUT2D eigenvalue weighted by Gasteiger charge is -2.62. The Morgan fingerprint density at radius 1 is 1.04 bits per heavy atom. The largest absolute Gasteiger partial charge is 0.487 e. The standard InChI is InChI=1S/C22H23NO/c1-21(2)14-10-11-22(3)18(14)19(21)17-16(24-22)9-8-13-12-6-4-5-7-15(12)23-20(13)17/h4-9,14,18-19,23H,10-11H2,1-3H3/t14-,18?,19+,22+/m1/s1. The zero-order valence-electron chi connectivity index (χ0n) is 14.5. The number of hydrogen-bond donors (Lipinski definition) is 1. The highest BCUT2D eigenvalue weighted by Gasteiger charge is 2.69. The van der Waals surface area contributed by atoms with Crippen LogP contribution in [0.3, 0.4) is 0 Å². The number of nitrogens with one attached hydrogen (secondary N) is 1. The zero-order chi connectivity index (χ0) is 16.3. The first-order valence-corrected chi connectivity index (χ1v) is 9.23. The van der Waals surface area contributed by atoms with Gasteiger partial charge in [-0.2, -0.15) is 0 Å². The Bertz CT molecular complexity index is 1010. The van der Waals surface area contributed by atoms with Crippen LogP contribution in [0.5, 0.6) is 5.75 Å². The summed E-state index contributed by atoms with van der Waals surface area (Å²) in [5, 5.41) is 2.66. The van der Waals surface area contributed by atoms with E-state index in [0.717, 1.165) is 11.7 Å². The van der Waals surface area contributed by atoms with E-state index in [4.69, 9.17) is 4.74 Å². The molecule has 3 aromatic rings. The van der Waals surface area contributed by atoms with Crippen LogP contribution in [0.4, 0.5) is 0 Å². The number of ether oxygens (including phenoxy) is 1. The molecule has 2 heterocycles. The van der Waals surface area contributed by atoms with Gasteiger partial charge in [0, 0.05) is 33.7 Å². The van der Waals surface area contributed by atoms with Gasteiger partial charge in [-0.25, -0.2) is 0 Å². The first-order chi connectivity index (χ1) is 11.5. The zero-order valence-corrected chi connectivity index (χ0v) is 14.5. The lowest BCUT2D eigenvalue weighted by atomic mass is 9.45. The SMILES string of the molecule is CC1(C)[C@@H]2CC[C@]3(C)Oc4ccc5c([nH]c6ccccc65)c4[C@H]1C23. The van der Waals surface area contributed by atoms with Crippen LogP contribution in [-0.4, -0.2) is 10.6 Å². The molecule has 2 saturated carbocycles. The molecule has 2 aliphatic carbocycles. The van der Waals surface area contributed by atoms with Crippen LogP contribution >= 0.6 is 0 Å². The Morgan fingerprint density at radius 3 is 2.75 bits per heavy atom. The molecule has 0 saturated heterocycles. The molecule has 6 rings (SSSR count). The molecule has 2 heteroatoms. The van der Waals surface area contributed by atoms with E-state index in [1.165, 1.54) is 40.2 Å². The average molecular weight is 317 g/mol. The summed E-state index contributed by atoms with van der Waals surface area (Å²) in [6.07, 6.45) is 2.51. The summed E-state index contributed by atoms with van der Waals surface area (Å²) < 4.78 is 6.62. The fraction of sp³-hybridized carbons (Fsp3) is 0.455. The third-order valence-corrected chi connectivity index (χ3v) is 7.54. The Balaban J connectivity index is 1.70. The lowest BCUT2D eigenvalue weighted by molar-refractivity contribution is -0.119. The minimum atomic E-state index is 0.0392. The number of aromatic amines is 1. The number of fused-ring (bicyclic) bond motifs is 6. The minimum absolute atomic E-state index is 0.0392. The number of H-pyrrole nitrogens is 1. The summed E-state index contributed by atoms with van der Waals surface area (Å²) in [6, 6.07) is 13.1. The van der Waals surface area contributed by atoms with Gasteiger partial charge in [0.25, 0.3) is 0 Å². The van der Waals surface area contributed by atoms with E-state index in [1.54, 1.807) is 0 Å². The van der Waals surface area contributed by atoms with Gasteiger partial charge < -0.3 is 9.72 Å². The van der Waals surface area contributed by atoms with Crippen LogP contribution in [0.15, 0.2) is 36.4 Å². The highest BCUT2D eigenvalue weighted by Crippen LogP contribution is 2.73. The maximum atomic E-state index is 6.62. The maximum Gasteiger partial charge on any atom is 0.125 e. The van der Waals surface area contributed by atoms with Crippen LogP contribution < -0.4 is 4.74 Å². The second-order valence-corrected chi connectivity index (χ2v) is 8.96. The van der Waals surface area contributed by atoms with Crippen molar-refractivity contribution in [2.45, 2.75) is 45.1 Å². The Kier molecular flexibility index (Phi) is 2.12. The van der Waals surface area contributed by atoms with Crippen LogP contribution in [0.25, 0.3) is 21.8 Å². The van der Waals surface area contributed by atoms with Crippen molar-refractivity contribution >= 4 is 21.8 Å². The normalized spacial score (nSPS) is 35.4. The van der Waals surface area contributed by atoms with Gasteiger partial charge in [-0.3, -0.25) is 0 Å². The number of hydrogen-bond acceptors (Lipinski definition) is 1. The predicted molar refractivity (Wildman–Crippen MR) is 97.6 cm³/mol. The minimum Gasteiger partial charge on any atom is -0.487 e. The summed E-state index contributed by atoms with van der Waals surface area (Å²) in [5.41, 5.74) is 4.38. The van der Waals surface area contributed by atoms with E-state index >= 15 is 0 Å². The molecule has 1 unspecified atom stereocenters. The molecule has 4 atom stereocenters.